The lowest BCUT2D eigenvalue weighted by Crippen LogP contribution is -2.20. The fourth-order valence-corrected chi connectivity index (χ4v) is 2.50. The van der Waals surface area contributed by atoms with Gasteiger partial charge in [-0.15, -0.1) is 0 Å². The molecule has 2 atom stereocenters. The van der Waals surface area contributed by atoms with Crippen LogP contribution in [0.5, 0.6) is 0 Å². The second-order valence-corrected chi connectivity index (χ2v) is 4.94. The van der Waals surface area contributed by atoms with E-state index in [0.29, 0.717) is 24.9 Å². The highest BCUT2D eigenvalue weighted by Crippen LogP contribution is 2.28. The molecular weight excluding hydrogens is 212 g/mol. The lowest BCUT2D eigenvalue weighted by Gasteiger charge is -2.17. The Hall–Kier alpha value is -1.15. The van der Waals surface area contributed by atoms with Crippen molar-refractivity contribution in [1.82, 2.24) is 0 Å². The fourth-order valence-electron chi connectivity index (χ4n) is 2.50. The number of ether oxygens (including phenoxy) is 1. The summed E-state index contributed by atoms with van der Waals surface area (Å²) in [5.41, 5.74) is 1.19. The van der Waals surface area contributed by atoms with Crippen LogP contribution in [-0.4, -0.2) is 12.4 Å². The van der Waals surface area contributed by atoms with Gasteiger partial charge in [0.05, 0.1) is 13.2 Å². The van der Waals surface area contributed by atoms with Crippen LogP contribution < -0.4 is 0 Å². The highest BCUT2D eigenvalue weighted by Gasteiger charge is 2.29. The Morgan fingerprint density at radius 3 is 2.76 bits per heavy atom. The third-order valence-corrected chi connectivity index (χ3v) is 3.53. The molecule has 2 nitrogen and oxygen atoms in total. The van der Waals surface area contributed by atoms with Crippen LogP contribution in [0.2, 0.25) is 0 Å². The molecule has 1 aliphatic carbocycles. The summed E-state index contributed by atoms with van der Waals surface area (Å²) >= 11 is 0. The number of hydrogen-bond acceptors (Lipinski definition) is 2. The molecule has 0 aromatic heterocycles. The predicted octanol–water partition coefficient (Wildman–Crippen LogP) is 3.21. The van der Waals surface area contributed by atoms with Crippen LogP contribution in [0.1, 0.15) is 31.7 Å². The molecule has 1 aromatic carbocycles. The number of ketones is 1. The second kappa shape index (κ2) is 5.97. The van der Waals surface area contributed by atoms with E-state index in [-0.39, 0.29) is 5.92 Å². The van der Waals surface area contributed by atoms with Gasteiger partial charge in [-0.25, -0.2) is 0 Å². The van der Waals surface area contributed by atoms with Gasteiger partial charge in [-0.3, -0.25) is 4.79 Å². The molecule has 0 aliphatic heterocycles. The van der Waals surface area contributed by atoms with Gasteiger partial charge in [0.1, 0.15) is 5.78 Å². The SMILES string of the molecule is C[C@@H](COCc1ccccc1)[C@H]1CCCC1=O. The topological polar surface area (TPSA) is 26.3 Å². The number of carbonyl (C=O) groups excluding carboxylic acids is 1. The summed E-state index contributed by atoms with van der Waals surface area (Å²) in [4.78, 5) is 11.6. The van der Waals surface area contributed by atoms with E-state index in [1.807, 2.05) is 18.2 Å². The van der Waals surface area contributed by atoms with Crippen molar-refractivity contribution in [2.24, 2.45) is 11.8 Å². The minimum absolute atomic E-state index is 0.241. The summed E-state index contributed by atoms with van der Waals surface area (Å²) in [5, 5.41) is 0. The van der Waals surface area contributed by atoms with Crippen molar-refractivity contribution >= 4 is 5.78 Å². The molecule has 1 saturated carbocycles. The molecule has 0 bridgehead atoms. The van der Waals surface area contributed by atoms with Crippen molar-refractivity contribution in [3.05, 3.63) is 35.9 Å². The Morgan fingerprint density at radius 1 is 1.35 bits per heavy atom. The zero-order valence-corrected chi connectivity index (χ0v) is 10.4. The maximum atomic E-state index is 11.6. The Balaban J connectivity index is 1.73. The highest BCUT2D eigenvalue weighted by atomic mass is 16.5. The van der Waals surface area contributed by atoms with Crippen molar-refractivity contribution in [2.75, 3.05) is 6.61 Å². The van der Waals surface area contributed by atoms with E-state index < -0.39 is 0 Å². The molecule has 0 N–H and O–H groups in total. The Kier molecular flexibility index (Phi) is 4.32. The first-order chi connectivity index (χ1) is 8.27. The molecule has 92 valence electrons. The largest absolute Gasteiger partial charge is 0.376 e. The van der Waals surface area contributed by atoms with Crippen molar-refractivity contribution in [3.63, 3.8) is 0 Å². The zero-order valence-electron chi connectivity index (χ0n) is 10.4. The van der Waals surface area contributed by atoms with E-state index in [1.54, 1.807) is 0 Å². The summed E-state index contributed by atoms with van der Waals surface area (Å²) in [6.45, 7) is 3.45. The first kappa shape index (κ1) is 12.3. The van der Waals surface area contributed by atoms with Gasteiger partial charge in [-0.1, -0.05) is 37.3 Å². The summed E-state index contributed by atoms with van der Waals surface area (Å²) in [6.07, 6.45) is 2.88. The third-order valence-electron chi connectivity index (χ3n) is 3.53. The molecule has 0 radical (unpaired) electrons. The first-order valence-corrected chi connectivity index (χ1v) is 6.42. The van der Waals surface area contributed by atoms with Crippen LogP contribution in [0.4, 0.5) is 0 Å². The Morgan fingerprint density at radius 2 is 2.12 bits per heavy atom. The number of Topliss-reactive ketones (excluding diaryl/α,β-unsaturated/α-hetero) is 1. The summed E-state index contributed by atoms with van der Waals surface area (Å²) in [7, 11) is 0. The second-order valence-electron chi connectivity index (χ2n) is 4.94. The van der Waals surface area contributed by atoms with E-state index in [1.165, 1.54) is 5.56 Å². The van der Waals surface area contributed by atoms with Crippen LogP contribution in [0.25, 0.3) is 0 Å². The average molecular weight is 232 g/mol. The lowest BCUT2D eigenvalue weighted by atomic mass is 9.92. The van der Waals surface area contributed by atoms with Gasteiger partial charge in [0.15, 0.2) is 0 Å². The fraction of sp³-hybridized carbons (Fsp3) is 0.533. The average Bonchev–Trinajstić information content (AvgIpc) is 2.77. The van der Waals surface area contributed by atoms with Gasteiger partial charge in [0.25, 0.3) is 0 Å². The zero-order chi connectivity index (χ0) is 12.1. The number of hydrogen-bond donors (Lipinski definition) is 0. The molecule has 2 rings (SSSR count). The molecule has 1 fully saturated rings. The molecular formula is C15H20O2. The number of carbonyl (C=O) groups is 1. The van der Waals surface area contributed by atoms with Gasteiger partial charge in [-0.2, -0.15) is 0 Å². The monoisotopic (exact) mass is 232 g/mol. The predicted molar refractivity (Wildman–Crippen MR) is 67.6 cm³/mol. The van der Waals surface area contributed by atoms with Crippen molar-refractivity contribution in [2.45, 2.75) is 32.8 Å². The van der Waals surface area contributed by atoms with E-state index in [2.05, 4.69) is 19.1 Å². The van der Waals surface area contributed by atoms with E-state index in [0.717, 1.165) is 19.3 Å². The summed E-state index contributed by atoms with van der Waals surface area (Å²) < 4.78 is 5.69. The lowest BCUT2D eigenvalue weighted by molar-refractivity contribution is -0.122. The maximum absolute atomic E-state index is 11.6. The van der Waals surface area contributed by atoms with E-state index in [4.69, 9.17) is 4.74 Å². The van der Waals surface area contributed by atoms with Crippen molar-refractivity contribution < 1.29 is 9.53 Å². The molecule has 2 heteroatoms. The normalized spacial score (nSPS) is 21.7. The third kappa shape index (κ3) is 3.40. The number of benzene rings is 1. The molecule has 0 amide bonds. The minimum atomic E-state index is 0.241. The standard InChI is InChI=1S/C15H20O2/c1-12(14-8-5-9-15(14)16)10-17-11-13-6-3-2-4-7-13/h2-4,6-7,12,14H,5,8-11H2,1H3/t12-,14+/m0/s1. The van der Waals surface area contributed by atoms with Crippen molar-refractivity contribution in [1.29, 1.82) is 0 Å². The van der Waals surface area contributed by atoms with Crippen LogP contribution in [0.3, 0.4) is 0 Å². The van der Waals surface area contributed by atoms with Crippen LogP contribution in [-0.2, 0) is 16.1 Å². The van der Waals surface area contributed by atoms with E-state index in [9.17, 15) is 4.79 Å². The van der Waals surface area contributed by atoms with Gasteiger partial charge in [0.2, 0.25) is 0 Å². The molecule has 0 spiro atoms. The molecule has 1 aromatic rings. The van der Waals surface area contributed by atoms with Gasteiger partial charge >= 0.3 is 0 Å². The van der Waals surface area contributed by atoms with Crippen molar-refractivity contribution in [3.8, 4) is 0 Å². The molecule has 0 heterocycles. The molecule has 0 unspecified atom stereocenters. The van der Waals surface area contributed by atoms with E-state index >= 15 is 0 Å². The Labute approximate surface area is 103 Å². The molecule has 17 heavy (non-hydrogen) atoms. The molecule has 0 saturated heterocycles. The van der Waals surface area contributed by atoms with Gasteiger partial charge < -0.3 is 4.74 Å². The van der Waals surface area contributed by atoms with Crippen LogP contribution in [0, 0.1) is 11.8 Å². The number of rotatable bonds is 5. The summed E-state index contributed by atoms with van der Waals surface area (Å²) in [5.74, 6) is 1.03. The van der Waals surface area contributed by atoms with Gasteiger partial charge in [-0.05, 0) is 24.3 Å². The van der Waals surface area contributed by atoms with Gasteiger partial charge in [0, 0.05) is 12.3 Å². The highest BCUT2D eigenvalue weighted by molar-refractivity contribution is 5.83. The summed E-state index contributed by atoms with van der Waals surface area (Å²) in [6, 6.07) is 10.2. The minimum Gasteiger partial charge on any atom is -0.376 e. The first-order valence-electron chi connectivity index (χ1n) is 6.42. The smallest absolute Gasteiger partial charge is 0.136 e. The van der Waals surface area contributed by atoms with Crippen LogP contribution >= 0.6 is 0 Å². The Bertz CT molecular complexity index is 358. The van der Waals surface area contributed by atoms with Crippen LogP contribution in [0.15, 0.2) is 30.3 Å². The quantitative estimate of drug-likeness (QED) is 0.779. The maximum Gasteiger partial charge on any atom is 0.136 e. The molecule has 1 aliphatic rings.